The third kappa shape index (κ3) is 3.07. The van der Waals surface area contributed by atoms with Crippen molar-refractivity contribution in [2.24, 2.45) is 5.10 Å². The van der Waals surface area contributed by atoms with Crippen molar-refractivity contribution >= 4 is 24.3 Å². The lowest BCUT2D eigenvalue weighted by molar-refractivity contribution is 0.497. The number of aromatic amines is 1. The van der Waals surface area contributed by atoms with Gasteiger partial charge in [-0.1, -0.05) is 6.92 Å². The van der Waals surface area contributed by atoms with E-state index in [1.165, 1.54) is 19.3 Å². The minimum atomic E-state index is 0.492. The summed E-state index contributed by atoms with van der Waals surface area (Å²) in [7, 11) is 0. The Labute approximate surface area is 128 Å². The van der Waals surface area contributed by atoms with E-state index < -0.39 is 0 Å². The highest BCUT2D eigenvalue weighted by Gasteiger charge is 2.13. The largest absolute Gasteiger partial charge is 0.440 e. The fourth-order valence-corrected chi connectivity index (χ4v) is 2.68. The first-order valence-corrected chi connectivity index (χ1v) is 7.74. The predicted octanol–water partition coefficient (Wildman–Crippen LogP) is 2.97. The summed E-state index contributed by atoms with van der Waals surface area (Å²) in [5, 5.41) is 11.2. The van der Waals surface area contributed by atoms with Gasteiger partial charge in [-0.05, 0) is 37.5 Å². The standard InChI is InChI=1S/C14H19N5OS/c1-2-12-16-17-14(21)19(12)15-10-11-6-7-13(20-11)18-8-4-3-5-9-18/h6-7,10H,2-5,8-9H2,1H3,(H,17,21)/b15-10-. The minimum Gasteiger partial charge on any atom is -0.440 e. The number of H-pyrrole nitrogens is 1. The van der Waals surface area contributed by atoms with Crippen molar-refractivity contribution in [1.82, 2.24) is 14.9 Å². The molecule has 1 N–H and O–H groups in total. The molecule has 0 aliphatic carbocycles. The second-order valence-corrected chi connectivity index (χ2v) is 5.47. The SMILES string of the molecule is CCc1n[nH]c(=S)n1/N=C\c1ccc(N2CCCCC2)o1. The Morgan fingerprint density at radius 3 is 2.95 bits per heavy atom. The van der Waals surface area contributed by atoms with Gasteiger partial charge >= 0.3 is 0 Å². The number of piperidine rings is 1. The monoisotopic (exact) mass is 305 g/mol. The molecule has 7 heteroatoms. The summed E-state index contributed by atoms with van der Waals surface area (Å²) in [5.74, 6) is 2.45. The van der Waals surface area contributed by atoms with E-state index in [0.717, 1.165) is 37.0 Å². The molecule has 112 valence electrons. The quantitative estimate of drug-likeness (QED) is 0.697. The number of rotatable bonds is 4. The molecular formula is C14H19N5OS. The Morgan fingerprint density at radius 2 is 2.19 bits per heavy atom. The van der Waals surface area contributed by atoms with Gasteiger partial charge in [-0.3, -0.25) is 5.10 Å². The third-order valence-electron chi connectivity index (χ3n) is 3.61. The zero-order valence-corrected chi connectivity index (χ0v) is 12.9. The number of furan rings is 1. The molecule has 0 radical (unpaired) electrons. The van der Waals surface area contributed by atoms with Crippen LogP contribution in [0, 0.1) is 4.77 Å². The van der Waals surface area contributed by atoms with Crippen molar-refractivity contribution in [3.05, 3.63) is 28.5 Å². The molecule has 3 rings (SSSR count). The molecule has 0 amide bonds. The molecule has 6 nitrogen and oxygen atoms in total. The van der Waals surface area contributed by atoms with Crippen LogP contribution in [0.25, 0.3) is 0 Å². The first kappa shape index (κ1) is 14.1. The maximum atomic E-state index is 5.83. The van der Waals surface area contributed by atoms with Crippen LogP contribution in [-0.2, 0) is 6.42 Å². The molecule has 0 spiro atoms. The van der Waals surface area contributed by atoms with Gasteiger partial charge in [-0.15, -0.1) is 0 Å². The van der Waals surface area contributed by atoms with E-state index in [1.807, 2.05) is 19.1 Å². The lowest BCUT2D eigenvalue weighted by atomic mass is 10.1. The van der Waals surface area contributed by atoms with E-state index in [4.69, 9.17) is 16.6 Å². The van der Waals surface area contributed by atoms with Gasteiger partial charge in [0.05, 0.1) is 6.21 Å². The van der Waals surface area contributed by atoms with Gasteiger partial charge in [0, 0.05) is 25.6 Å². The van der Waals surface area contributed by atoms with Crippen molar-refractivity contribution in [2.45, 2.75) is 32.6 Å². The Bertz CT molecular complexity index is 678. The molecule has 1 saturated heterocycles. The fourth-order valence-electron chi connectivity index (χ4n) is 2.48. The van der Waals surface area contributed by atoms with Crippen LogP contribution in [0.5, 0.6) is 0 Å². The predicted molar refractivity (Wildman–Crippen MR) is 84.6 cm³/mol. The van der Waals surface area contributed by atoms with Gasteiger partial charge < -0.3 is 9.32 Å². The number of anilines is 1. The van der Waals surface area contributed by atoms with Gasteiger partial charge in [-0.25, -0.2) is 0 Å². The van der Waals surface area contributed by atoms with Crippen molar-refractivity contribution < 1.29 is 4.42 Å². The van der Waals surface area contributed by atoms with E-state index in [2.05, 4.69) is 20.2 Å². The second kappa shape index (κ2) is 6.26. The zero-order chi connectivity index (χ0) is 14.7. The van der Waals surface area contributed by atoms with Crippen molar-refractivity contribution in [2.75, 3.05) is 18.0 Å². The number of hydrogen-bond acceptors (Lipinski definition) is 5. The molecule has 2 aromatic heterocycles. The molecule has 3 heterocycles. The van der Waals surface area contributed by atoms with Crippen LogP contribution in [0.15, 0.2) is 21.7 Å². The smallest absolute Gasteiger partial charge is 0.216 e. The molecule has 21 heavy (non-hydrogen) atoms. The van der Waals surface area contributed by atoms with Gasteiger partial charge in [0.15, 0.2) is 11.7 Å². The average Bonchev–Trinajstić information content (AvgIpc) is 3.13. The lowest BCUT2D eigenvalue weighted by Gasteiger charge is -2.25. The molecule has 1 aliphatic rings. The van der Waals surface area contributed by atoms with Crippen LogP contribution < -0.4 is 4.90 Å². The molecule has 1 fully saturated rings. The summed E-state index contributed by atoms with van der Waals surface area (Å²) in [6.45, 7) is 4.14. The van der Waals surface area contributed by atoms with E-state index in [9.17, 15) is 0 Å². The molecule has 0 aromatic carbocycles. The van der Waals surface area contributed by atoms with Gasteiger partial charge in [0.25, 0.3) is 0 Å². The number of nitrogens with zero attached hydrogens (tertiary/aromatic N) is 4. The number of nitrogens with one attached hydrogen (secondary N) is 1. The first-order valence-electron chi connectivity index (χ1n) is 7.33. The fraction of sp³-hybridized carbons (Fsp3) is 0.500. The van der Waals surface area contributed by atoms with Crippen LogP contribution in [0.3, 0.4) is 0 Å². The molecular weight excluding hydrogens is 286 g/mol. The Hall–Kier alpha value is -1.89. The van der Waals surface area contributed by atoms with Crippen molar-refractivity contribution in [3.63, 3.8) is 0 Å². The summed E-state index contributed by atoms with van der Waals surface area (Å²) in [4.78, 5) is 2.28. The van der Waals surface area contributed by atoms with Crippen LogP contribution >= 0.6 is 12.2 Å². The third-order valence-corrected chi connectivity index (χ3v) is 3.88. The lowest BCUT2D eigenvalue weighted by Crippen LogP contribution is -2.28. The summed E-state index contributed by atoms with van der Waals surface area (Å²) >= 11 is 5.15. The summed E-state index contributed by atoms with van der Waals surface area (Å²) < 4.78 is 7.95. The van der Waals surface area contributed by atoms with E-state index in [1.54, 1.807) is 10.9 Å². The first-order chi connectivity index (χ1) is 10.3. The summed E-state index contributed by atoms with van der Waals surface area (Å²) in [6, 6.07) is 3.94. The normalized spacial score (nSPS) is 16.0. The number of hydrogen-bond donors (Lipinski definition) is 1. The average molecular weight is 305 g/mol. The van der Waals surface area contributed by atoms with Crippen LogP contribution in [-0.4, -0.2) is 34.2 Å². The van der Waals surface area contributed by atoms with E-state index in [0.29, 0.717) is 4.77 Å². The summed E-state index contributed by atoms with van der Waals surface area (Å²) in [6.07, 6.45) is 6.21. The van der Waals surface area contributed by atoms with Gasteiger partial charge in [0.1, 0.15) is 5.76 Å². The Morgan fingerprint density at radius 1 is 1.38 bits per heavy atom. The highest BCUT2D eigenvalue weighted by Crippen LogP contribution is 2.21. The molecule has 0 saturated carbocycles. The van der Waals surface area contributed by atoms with E-state index in [-0.39, 0.29) is 0 Å². The molecule has 0 atom stereocenters. The van der Waals surface area contributed by atoms with Crippen molar-refractivity contribution in [3.8, 4) is 0 Å². The maximum Gasteiger partial charge on any atom is 0.216 e. The number of aryl methyl sites for hydroxylation is 1. The van der Waals surface area contributed by atoms with Gasteiger partial charge in [0.2, 0.25) is 4.77 Å². The highest BCUT2D eigenvalue weighted by atomic mass is 32.1. The molecule has 0 bridgehead atoms. The van der Waals surface area contributed by atoms with Crippen molar-refractivity contribution in [1.29, 1.82) is 0 Å². The van der Waals surface area contributed by atoms with Crippen LogP contribution in [0.4, 0.5) is 5.88 Å². The zero-order valence-electron chi connectivity index (χ0n) is 12.1. The molecule has 2 aromatic rings. The van der Waals surface area contributed by atoms with Gasteiger partial charge in [-0.2, -0.15) is 14.9 Å². The van der Waals surface area contributed by atoms with Crippen LogP contribution in [0.2, 0.25) is 0 Å². The second-order valence-electron chi connectivity index (χ2n) is 5.08. The number of aromatic nitrogens is 3. The van der Waals surface area contributed by atoms with E-state index >= 15 is 0 Å². The summed E-state index contributed by atoms with van der Waals surface area (Å²) in [5.41, 5.74) is 0. The highest BCUT2D eigenvalue weighted by molar-refractivity contribution is 7.71. The Balaban J connectivity index is 1.76. The molecule has 1 aliphatic heterocycles. The Kier molecular flexibility index (Phi) is 4.19. The topological polar surface area (TPSA) is 62.4 Å². The maximum absolute atomic E-state index is 5.83. The minimum absolute atomic E-state index is 0.492. The molecule has 0 unspecified atom stereocenters. The van der Waals surface area contributed by atoms with Crippen LogP contribution in [0.1, 0.15) is 37.8 Å².